The normalized spacial score (nSPS) is 10.9. The van der Waals surface area contributed by atoms with Crippen molar-refractivity contribution in [1.29, 1.82) is 0 Å². The Morgan fingerprint density at radius 2 is 1.49 bits per heavy atom. The summed E-state index contributed by atoms with van der Waals surface area (Å²) in [6.07, 6.45) is 1.00. The van der Waals surface area contributed by atoms with Crippen LogP contribution in [0.15, 0.2) is 60.7 Å². The molecule has 0 heterocycles. The number of carbonyl (C=O) groups excluding carboxylic acids is 1. The molecule has 0 aliphatic carbocycles. The van der Waals surface area contributed by atoms with Gasteiger partial charge in [0.25, 0.3) is 11.6 Å². The number of benzene rings is 3. The van der Waals surface area contributed by atoms with Crippen LogP contribution in [0.5, 0.6) is 17.2 Å². The van der Waals surface area contributed by atoms with Crippen LogP contribution in [0.2, 0.25) is 0 Å². The number of nitrogens with zero attached hydrogens (tertiary/aromatic N) is 2. The number of nitro benzene ring substituents is 1. The Labute approximate surface area is 214 Å². The van der Waals surface area contributed by atoms with E-state index in [1.165, 1.54) is 33.5 Å². The summed E-state index contributed by atoms with van der Waals surface area (Å²) in [5.41, 5.74) is 1.53. The van der Waals surface area contributed by atoms with Gasteiger partial charge in [-0.1, -0.05) is 18.2 Å². The Balaban J connectivity index is 1.77. The van der Waals surface area contributed by atoms with Crippen LogP contribution in [0.25, 0.3) is 0 Å². The molecule has 0 bridgehead atoms. The first kappa shape index (κ1) is 27.3. The average molecular weight is 530 g/mol. The van der Waals surface area contributed by atoms with Gasteiger partial charge >= 0.3 is 0 Å². The van der Waals surface area contributed by atoms with E-state index in [0.717, 1.165) is 22.2 Å². The molecule has 0 saturated carbocycles. The van der Waals surface area contributed by atoms with Crippen molar-refractivity contribution in [3.05, 3.63) is 87.5 Å². The fraction of sp³-hybridized carbons (Fsp3) is 0.240. The Bertz CT molecular complexity index is 1390. The summed E-state index contributed by atoms with van der Waals surface area (Å²) in [6, 6.07) is 15.4. The van der Waals surface area contributed by atoms with Crippen molar-refractivity contribution in [1.82, 2.24) is 5.32 Å². The van der Waals surface area contributed by atoms with Gasteiger partial charge in [0.05, 0.1) is 39.1 Å². The molecule has 37 heavy (non-hydrogen) atoms. The van der Waals surface area contributed by atoms with Crippen LogP contribution in [-0.2, 0) is 23.1 Å². The SMILES string of the molecule is COc1ccc(CNC(=O)c2ccc(CN(c3cc([N+](=O)[O-])ccc3OC)S(C)(=O)=O)cc2)cc1OC. The maximum absolute atomic E-state index is 12.6. The predicted molar refractivity (Wildman–Crippen MR) is 138 cm³/mol. The molecule has 0 fully saturated rings. The minimum atomic E-state index is -3.84. The Morgan fingerprint density at radius 3 is 2.05 bits per heavy atom. The molecular weight excluding hydrogens is 502 g/mol. The largest absolute Gasteiger partial charge is 0.495 e. The molecule has 0 radical (unpaired) electrons. The molecule has 0 saturated heterocycles. The average Bonchev–Trinajstić information content (AvgIpc) is 2.89. The van der Waals surface area contributed by atoms with E-state index in [2.05, 4.69) is 5.32 Å². The fourth-order valence-corrected chi connectivity index (χ4v) is 4.45. The number of methoxy groups -OCH3 is 3. The molecule has 11 nitrogen and oxygen atoms in total. The number of ether oxygens (including phenoxy) is 3. The van der Waals surface area contributed by atoms with Crippen molar-refractivity contribution in [2.75, 3.05) is 31.9 Å². The van der Waals surface area contributed by atoms with E-state index in [4.69, 9.17) is 14.2 Å². The van der Waals surface area contributed by atoms with E-state index in [1.807, 2.05) is 6.07 Å². The number of hydrogen-bond acceptors (Lipinski definition) is 8. The van der Waals surface area contributed by atoms with Gasteiger partial charge in [0.2, 0.25) is 10.0 Å². The number of nitro groups is 1. The molecule has 1 amide bonds. The molecule has 196 valence electrons. The van der Waals surface area contributed by atoms with E-state index >= 15 is 0 Å². The van der Waals surface area contributed by atoms with E-state index in [-0.39, 0.29) is 36.1 Å². The second kappa shape index (κ2) is 11.6. The lowest BCUT2D eigenvalue weighted by Gasteiger charge is -2.24. The Kier molecular flexibility index (Phi) is 8.56. The minimum absolute atomic E-state index is 0.0379. The molecule has 0 aliphatic heterocycles. The van der Waals surface area contributed by atoms with Crippen molar-refractivity contribution in [3.63, 3.8) is 0 Å². The summed E-state index contributed by atoms with van der Waals surface area (Å²) in [5, 5.41) is 14.1. The quantitative estimate of drug-likeness (QED) is 0.294. The molecule has 3 rings (SSSR count). The van der Waals surface area contributed by atoms with Crippen LogP contribution in [-0.4, -0.2) is 46.8 Å². The van der Waals surface area contributed by atoms with Crippen molar-refractivity contribution in [2.24, 2.45) is 0 Å². The highest BCUT2D eigenvalue weighted by molar-refractivity contribution is 7.92. The lowest BCUT2D eigenvalue weighted by molar-refractivity contribution is -0.384. The molecule has 3 aromatic rings. The van der Waals surface area contributed by atoms with E-state index in [1.54, 1.807) is 36.4 Å². The topological polar surface area (TPSA) is 137 Å². The zero-order valence-corrected chi connectivity index (χ0v) is 21.6. The van der Waals surface area contributed by atoms with E-state index < -0.39 is 14.9 Å². The third kappa shape index (κ3) is 6.67. The Morgan fingerprint density at radius 1 is 0.892 bits per heavy atom. The van der Waals surface area contributed by atoms with Crippen LogP contribution in [0, 0.1) is 10.1 Å². The molecule has 0 aliphatic rings. The summed E-state index contributed by atoms with van der Waals surface area (Å²) >= 11 is 0. The first-order valence-electron chi connectivity index (χ1n) is 11.0. The second-order valence-corrected chi connectivity index (χ2v) is 9.86. The first-order chi connectivity index (χ1) is 17.6. The number of amides is 1. The van der Waals surface area contributed by atoms with E-state index in [9.17, 15) is 23.3 Å². The van der Waals surface area contributed by atoms with Gasteiger partial charge in [0.15, 0.2) is 11.5 Å². The fourth-order valence-electron chi connectivity index (χ4n) is 3.57. The highest BCUT2D eigenvalue weighted by Gasteiger charge is 2.24. The highest BCUT2D eigenvalue weighted by Crippen LogP contribution is 2.34. The van der Waals surface area contributed by atoms with Gasteiger partial charge in [0, 0.05) is 24.2 Å². The van der Waals surface area contributed by atoms with Crippen molar-refractivity contribution in [3.8, 4) is 17.2 Å². The van der Waals surface area contributed by atoms with Gasteiger partial charge < -0.3 is 19.5 Å². The second-order valence-electron chi connectivity index (χ2n) is 7.95. The number of nitrogens with one attached hydrogen (secondary N) is 1. The van der Waals surface area contributed by atoms with Crippen molar-refractivity contribution < 1.29 is 32.3 Å². The first-order valence-corrected chi connectivity index (χ1v) is 12.8. The summed E-state index contributed by atoms with van der Waals surface area (Å²) < 4.78 is 41.9. The predicted octanol–water partition coefficient (Wildman–Crippen LogP) is 3.52. The van der Waals surface area contributed by atoms with Crippen LogP contribution in [0.3, 0.4) is 0 Å². The number of non-ortho nitro benzene ring substituents is 1. The maximum atomic E-state index is 12.6. The zero-order chi connectivity index (χ0) is 27.2. The van der Waals surface area contributed by atoms with Crippen LogP contribution < -0.4 is 23.8 Å². The number of sulfonamides is 1. The summed E-state index contributed by atoms with van der Waals surface area (Å²) in [6.45, 7) is 0.138. The molecule has 3 aromatic carbocycles. The molecular formula is C25H27N3O8S. The number of anilines is 1. The molecule has 12 heteroatoms. The van der Waals surface area contributed by atoms with Gasteiger partial charge in [-0.15, -0.1) is 0 Å². The lowest BCUT2D eigenvalue weighted by atomic mass is 10.1. The maximum Gasteiger partial charge on any atom is 0.271 e. The Hall–Kier alpha value is -4.32. The van der Waals surface area contributed by atoms with Crippen LogP contribution >= 0.6 is 0 Å². The third-order valence-corrected chi connectivity index (χ3v) is 6.61. The number of carbonyl (C=O) groups is 1. The number of rotatable bonds is 11. The summed E-state index contributed by atoms with van der Waals surface area (Å²) in [5.74, 6) is 0.984. The van der Waals surface area contributed by atoms with Crippen LogP contribution in [0.1, 0.15) is 21.5 Å². The summed E-state index contributed by atoms with van der Waals surface area (Å²) in [7, 11) is 0.582. The monoisotopic (exact) mass is 529 g/mol. The molecule has 0 aromatic heterocycles. The standard InChI is InChI=1S/C25H27N3O8S/c1-34-22-12-10-20(28(30)31)14-21(22)27(37(4,32)33)16-17-5-8-19(9-6-17)25(29)26-15-18-7-11-23(35-2)24(13-18)36-3/h5-14H,15-16H2,1-4H3,(H,26,29). The van der Waals surface area contributed by atoms with Gasteiger partial charge in [-0.3, -0.25) is 19.2 Å². The zero-order valence-electron chi connectivity index (χ0n) is 20.8. The smallest absolute Gasteiger partial charge is 0.271 e. The van der Waals surface area contributed by atoms with Gasteiger partial charge in [0.1, 0.15) is 11.4 Å². The molecule has 1 N–H and O–H groups in total. The molecule has 0 atom stereocenters. The summed E-state index contributed by atoms with van der Waals surface area (Å²) in [4.78, 5) is 23.3. The van der Waals surface area contributed by atoms with E-state index in [0.29, 0.717) is 22.6 Å². The third-order valence-electron chi connectivity index (χ3n) is 5.49. The van der Waals surface area contributed by atoms with Gasteiger partial charge in [-0.2, -0.15) is 0 Å². The van der Waals surface area contributed by atoms with Crippen molar-refractivity contribution >= 4 is 27.3 Å². The minimum Gasteiger partial charge on any atom is -0.495 e. The molecule has 0 unspecified atom stereocenters. The van der Waals surface area contributed by atoms with Gasteiger partial charge in [-0.25, -0.2) is 8.42 Å². The van der Waals surface area contributed by atoms with Gasteiger partial charge in [-0.05, 0) is 41.5 Å². The number of hydrogen-bond donors (Lipinski definition) is 1. The molecule has 0 spiro atoms. The highest BCUT2D eigenvalue weighted by atomic mass is 32.2. The van der Waals surface area contributed by atoms with Crippen LogP contribution in [0.4, 0.5) is 11.4 Å². The van der Waals surface area contributed by atoms with Crippen molar-refractivity contribution in [2.45, 2.75) is 13.1 Å². The lowest BCUT2D eigenvalue weighted by Crippen LogP contribution is -2.30.